The number of alkyl halides is 3. The highest BCUT2D eigenvalue weighted by molar-refractivity contribution is 6.11. The van der Waals surface area contributed by atoms with Crippen molar-refractivity contribution in [1.29, 1.82) is 10.7 Å². The Labute approximate surface area is 230 Å². The molecule has 9 heteroatoms. The van der Waals surface area contributed by atoms with E-state index in [1.165, 1.54) is 47.7 Å². The van der Waals surface area contributed by atoms with Crippen LogP contribution in [-0.2, 0) is 17.6 Å². The van der Waals surface area contributed by atoms with E-state index in [0.717, 1.165) is 24.9 Å². The summed E-state index contributed by atoms with van der Waals surface area (Å²) in [6.45, 7) is 0.878. The van der Waals surface area contributed by atoms with Gasteiger partial charge in [0.15, 0.2) is 0 Å². The summed E-state index contributed by atoms with van der Waals surface area (Å²) in [4.78, 5) is 13.2. The lowest BCUT2D eigenvalue weighted by Crippen LogP contribution is -2.28. The Hall–Kier alpha value is -4.42. The molecule has 204 valence electrons. The van der Waals surface area contributed by atoms with E-state index in [9.17, 15) is 18.0 Å². The van der Waals surface area contributed by atoms with E-state index in [-0.39, 0.29) is 17.3 Å². The summed E-state index contributed by atoms with van der Waals surface area (Å²) in [5.74, 6) is -0.193. The molecular weight excluding hydrogens is 515 g/mol. The second-order valence-electron chi connectivity index (χ2n) is 10.1. The van der Waals surface area contributed by atoms with E-state index in [4.69, 9.17) is 10.7 Å². The largest absolute Gasteiger partial charge is 0.432 e. The van der Waals surface area contributed by atoms with Gasteiger partial charge in [0.2, 0.25) is 0 Å². The summed E-state index contributed by atoms with van der Waals surface area (Å²) in [7, 11) is 0. The molecule has 1 amide bonds. The van der Waals surface area contributed by atoms with Crippen LogP contribution >= 0.6 is 0 Å². The van der Waals surface area contributed by atoms with Crippen molar-refractivity contribution in [2.75, 3.05) is 17.2 Å². The zero-order valence-corrected chi connectivity index (χ0v) is 21.6. The summed E-state index contributed by atoms with van der Waals surface area (Å²) in [5, 5.41) is 25.6. The van der Waals surface area contributed by atoms with Crippen molar-refractivity contribution in [2.24, 2.45) is 5.92 Å². The summed E-state index contributed by atoms with van der Waals surface area (Å²) in [5.41, 5.74) is 3.58. The van der Waals surface area contributed by atoms with Gasteiger partial charge < -0.3 is 16.0 Å². The van der Waals surface area contributed by atoms with Crippen LogP contribution in [0, 0.1) is 22.7 Å². The quantitative estimate of drug-likeness (QED) is 0.179. The monoisotopic (exact) mass is 543 g/mol. The highest BCUT2D eigenvalue weighted by atomic mass is 19.4. The molecule has 3 aromatic carbocycles. The minimum atomic E-state index is -4.93. The molecule has 1 fully saturated rings. The first-order chi connectivity index (χ1) is 19.2. The number of amides is 1. The predicted octanol–water partition coefficient (Wildman–Crippen LogP) is 6.26. The van der Waals surface area contributed by atoms with Gasteiger partial charge in [-0.25, -0.2) is 0 Å². The number of nitrogens with zero attached hydrogens (tertiary/aromatic N) is 1. The number of nitrogens with one attached hydrogen (secondary N) is 4. The maximum Gasteiger partial charge on any atom is 0.432 e. The van der Waals surface area contributed by atoms with Gasteiger partial charge in [-0.1, -0.05) is 36.4 Å². The van der Waals surface area contributed by atoms with E-state index in [1.807, 2.05) is 18.2 Å². The third-order valence-corrected chi connectivity index (χ3v) is 7.16. The van der Waals surface area contributed by atoms with Gasteiger partial charge in [-0.05, 0) is 96.8 Å². The van der Waals surface area contributed by atoms with Crippen LogP contribution in [0.2, 0.25) is 0 Å². The van der Waals surface area contributed by atoms with Crippen molar-refractivity contribution in [3.8, 4) is 6.07 Å². The molecule has 40 heavy (non-hydrogen) atoms. The SMILES string of the molecule is N#Cc1cccc(N/C(=C\C(=N)C(F)(F)F)C(=O)Nc2cccc(C(NCC3CC3)c3cccc4c3CC4)c2)c1. The standard InChI is InChI=1S/C31H28F3N5O/c32-31(33,34)28(36)16-27(38-23-7-1-4-20(14-23)17-35)30(40)39-24-8-2-6-22(15-24)29(37-18-19-10-11-19)26-9-3-5-21-12-13-25(21)26/h1-9,14-16,19,29,36-38H,10-13,18H2,(H,39,40)/b27-16-,36-28?. The van der Waals surface area contributed by atoms with Gasteiger partial charge >= 0.3 is 6.18 Å². The molecule has 0 saturated heterocycles. The zero-order chi connectivity index (χ0) is 28.3. The summed E-state index contributed by atoms with van der Waals surface area (Å²) in [6.07, 6.45) is -0.00612. The van der Waals surface area contributed by atoms with Crippen LogP contribution in [0.3, 0.4) is 0 Å². The Balaban J connectivity index is 1.41. The molecule has 0 bridgehead atoms. The molecule has 0 aliphatic heterocycles. The molecule has 5 rings (SSSR count). The minimum absolute atomic E-state index is 0.0898. The van der Waals surface area contributed by atoms with Crippen LogP contribution < -0.4 is 16.0 Å². The van der Waals surface area contributed by atoms with Gasteiger partial charge in [0.25, 0.3) is 5.91 Å². The number of fused-ring (bicyclic) bond motifs is 1. The van der Waals surface area contributed by atoms with Crippen LogP contribution in [0.4, 0.5) is 24.5 Å². The number of benzene rings is 3. The van der Waals surface area contributed by atoms with E-state index in [1.54, 1.807) is 18.2 Å². The summed E-state index contributed by atoms with van der Waals surface area (Å²) >= 11 is 0. The van der Waals surface area contributed by atoms with Crippen molar-refractivity contribution >= 4 is 23.0 Å². The number of hydrogen-bond acceptors (Lipinski definition) is 5. The average Bonchev–Trinajstić information content (AvgIpc) is 3.73. The molecule has 0 radical (unpaired) electrons. The first-order valence-electron chi connectivity index (χ1n) is 13.1. The number of aryl methyl sites for hydroxylation is 1. The van der Waals surface area contributed by atoms with E-state index >= 15 is 0 Å². The van der Waals surface area contributed by atoms with Crippen molar-refractivity contribution in [1.82, 2.24) is 5.32 Å². The first-order valence-corrected chi connectivity index (χ1v) is 13.1. The molecule has 0 spiro atoms. The molecule has 3 aromatic rings. The van der Waals surface area contributed by atoms with Gasteiger partial charge in [-0.2, -0.15) is 18.4 Å². The molecule has 6 nitrogen and oxygen atoms in total. The summed E-state index contributed by atoms with van der Waals surface area (Å²) in [6, 6.07) is 21.5. The third-order valence-electron chi connectivity index (χ3n) is 7.16. The number of carbonyl (C=O) groups is 1. The Morgan fingerprint density at radius 1 is 1.02 bits per heavy atom. The fraction of sp³-hybridized carbons (Fsp3) is 0.258. The topological polar surface area (TPSA) is 101 Å². The number of allylic oxidation sites excluding steroid dienone is 1. The van der Waals surface area contributed by atoms with Gasteiger partial charge in [0.05, 0.1) is 17.7 Å². The molecule has 1 saturated carbocycles. The average molecular weight is 544 g/mol. The molecule has 2 aliphatic rings. The van der Waals surface area contributed by atoms with Crippen molar-refractivity contribution in [2.45, 2.75) is 37.9 Å². The lowest BCUT2D eigenvalue weighted by molar-refractivity contribution is -0.112. The van der Waals surface area contributed by atoms with Crippen LogP contribution in [0.15, 0.2) is 78.5 Å². The Morgan fingerprint density at radius 2 is 1.75 bits per heavy atom. The molecule has 4 N–H and O–H groups in total. The van der Waals surface area contributed by atoms with Crippen molar-refractivity contribution in [3.63, 3.8) is 0 Å². The van der Waals surface area contributed by atoms with Crippen LogP contribution in [0.25, 0.3) is 0 Å². The van der Waals surface area contributed by atoms with E-state index < -0.39 is 23.5 Å². The molecular formula is C31H28F3N5O. The third kappa shape index (κ3) is 6.41. The summed E-state index contributed by atoms with van der Waals surface area (Å²) < 4.78 is 39.5. The lowest BCUT2D eigenvalue weighted by atomic mass is 9.81. The van der Waals surface area contributed by atoms with Crippen LogP contribution in [-0.4, -0.2) is 24.3 Å². The molecule has 1 unspecified atom stereocenters. The smallest absolute Gasteiger partial charge is 0.351 e. The molecule has 0 heterocycles. The minimum Gasteiger partial charge on any atom is -0.351 e. The van der Waals surface area contributed by atoms with Crippen molar-refractivity contribution in [3.05, 3.63) is 106 Å². The van der Waals surface area contributed by atoms with E-state index in [2.05, 4.69) is 34.1 Å². The number of anilines is 2. The second kappa shape index (κ2) is 11.4. The maximum atomic E-state index is 13.2. The Morgan fingerprint density at radius 3 is 2.42 bits per heavy atom. The lowest BCUT2D eigenvalue weighted by Gasteiger charge is -2.29. The fourth-order valence-electron chi connectivity index (χ4n) is 4.76. The number of hydrogen-bond donors (Lipinski definition) is 4. The highest BCUT2D eigenvalue weighted by Crippen LogP contribution is 2.35. The Kier molecular flexibility index (Phi) is 7.71. The zero-order valence-electron chi connectivity index (χ0n) is 21.6. The molecule has 1 atom stereocenters. The second-order valence-corrected chi connectivity index (χ2v) is 10.1. The number of halogens is 3. The van der Waals surface area contributed by atoms with Crippen molar-refractivity contribution < 1.29 is 18.0 Å². The molecule has 2 aliphatic carbocycles. The van der Waals surface area contributed by atoms with Gasteiger partial charge in [-0.3, -0.25) is 10.2 Å². The fourth-order valence-corrected chi connectivity index (χ4v) is 4.76. The van der Waals surface area contributed by atoms with Crippen LogP contribution in [0.5, 0.6) is 0 Å². The number of carbonyl (C=O) groups excluding carboxylic acids is 1. The Bertz CT molecular complexity index is 1520. The van der Waals surface area contributed by atoms with Gasteiger partial charge in [0, 0.05) is 11.4 Å². The maximum absolute atomic E-state index is 13.2. The van der Waals surface area contributed by atoms with Gasteiger partial charge in [0.1, 0.15) is 11.4 Å². The molecule has 0 aromatic heterocycles. The first kappa shape index (κ1) is 27.2. The normalized spacial score (nSPS) is 15.3. The number of nitriles is 1. The van der Waals surface area contributed by atoms with Gasteiger partial charge in [-0.15, -0.1) is 0 Å². The predicted molar refractivity (Wildman–Crippen MR) is 148 cm³/mol. The van der Waals surface area contributed by atoms with E-state index in [0.29, 0.717) is 17.7 Å². The number of rotatable bonds is 10. The van der Waals surface area contributed by atoms with Crippen LogP contribution in [0.1, 0.15) is 46.7 Å². The highest BCUT2D eigenvalue weighted by Gasteiger charge is 2.34.